The van der Waals surface area contributed by atoms with Gasteiger partial charge >= 0.3 is 0 Å². The Bertz CT molecular complexity index is 574. The minimum Gasteiger partial charge on any atom is -0.383 e. The molecule has 2 N–H and O–H groups in total. The Morgan fingerprint density at radius 2 is 1.86 bits per heavy atom. The molecule has 0 saturated carbocycles. The number of benzene rings is 1. The van der Waals surface area contributed by atoms with Gasteiger partial charge < -0.3 is 15.4 Å². The maximum absolute atomic E-state index is 5.07. The lowest BCUT2D eigenvalue weighted by Gasteiger charge is -2.15. The number of rotatable bonds is 8. The summed E-state index contributed by atoms with van der Waals surface area (Å²) in [7, 11) is 1.69. The highest BCUT2D eigenvalue weighted by Gasteiger charge is 2.08. The van der Waals surface area contributed by atoms with Crippen molar-refractivity contribution in [1.29, 1.82) is 0 Å². The number of aromatic nitrogens is 2. The van der Waals surface area contributed by atoms with Gasteiger partial charge in [0.2, 0.25) is 0 Å². The van der Waals surface area contributed by atoms with Gasteiger partial charge in [0, 0.05) is 31.3 Å². The molecule has 1 unspecified atom stereocenters. The molecule has 0 bridgehead atoms. The summed E-state index contributed by atoms with van der Waals surface area (Å²) in [5, 5.41) is 6.68. The molecule has 0 saturated heterocycles. The summed E-state index contributed by atoms with van der Waals surface area (Å²) < 4.78 is 5.07. The molecule has 118 valence electrons. The molecule has 0 spiro atoms. The van der Waals surface area contributed by atoms with Crippen LogP contribution in [0.3, 0.4) is 0 Å². The van der Waals surface area contributed by atoms with Crippen LogP contribution >= 0.6 is 0 Å². The number of hydrogen-bond acceptors (Lipinski definition) is 5. The molecule has 1 aromatic heterocycles. The summed E-state index contributed by atoms with van der Waals surface area (Å²) in [6.45, 7) is 5.64. The Morgan fingerprint density at radius 1 is 1.14 bits per heavy atom. The zero-order valence-corrected chi connectivity index (χ0v) is 13.5. The zero-order valence-electron chi connectivity index (χ0n) is 13.5. The van der Waals surface area contributed by atoms with Crippen molar-refractivity contribution in [2.24, 2.45) is 0 Å². The maximum atomic E-state index is 5.07. The SMILES string of the molecule is CCC(C)Nc1cc(NCCOC)nc(-c2ccccc2)n1. The number of anilines is 2. The predicted molar refractivity (Wildman–Crippen MR) is 91.2 cm³/mol. The van der Waals surface area contributed by atoms with Crippen LogP contribution in [0.15, 0.2) is 36.4 Å². The third-order valence-corrected chi connectivity index (χ3v) is 3.38. The summed E-state index contributed by atoms with van der Waals surface area (Å²) >= 11 is 0. The summed E-state index contributed by atoms with van der Waals surface area (Å²) in [5.74, 6) is 2.36. The van der Waals surface area contributed by atoms with E-state index in [4.69, 9.17) is 4.74 Å². The van der Waals surface area contributed by atoms with Gasteiger partial charge in [0.05, 0.1) is 6.61 Å². The van der Waals surface area contributed by atoms with Gasteiger partial charge in [-0.05, 0) is 13.3 Å². The molecule has 22 heavy (non-hydrogen) atoms. The van der Waals surface area contributed by atoms with Crippen LogP contribution in [0.2, 0.25) is 0 Å². The van der Waals surface area contributed by atoms with Gasteiger partial charge in [-0.3, -0.25) is 0 Å². The molecule has 0 aliphatic carbocycles. The smallest absolute Gasteiger partial charge is 0.163 e. The molecular weight excluding hydrogens is 276 g/mol. The normalized spacial score (nSPS) is 12.0. The lowest BCUT2D eigenvalue weighted by atomic mass is 10.2. The third-order valence-electron chi connectivity index (χ3n) is 3.38. The number of ether oxygens (including phenoxy) is 1. The Kier molecular flexibility index (Phi) is 6.15. The maximum Gasteiger partial charge on any atom is 0.163 e. The van der Waals surface area contributed by atoms with Gasteiger partial charge in [0.15, 0.2) is 5.82 Å². The second-order valence-electron chi connectivity index (χ2n) is 5.20. The van der Waals surface area contributed by atoms with Crippen molar-refractivity contribution in [2.45, 2.75) is 26.3 Å². The van der Waals surface area contributed by atoms with E-state index in [1.165, 1.54) is 0 Å². The second kappa shape index (κ2) is 8.34. The number of nitrogens with one attached hydrogen (secondary N) is 2. The first-order valence-corrected chi connectivity index (χ1v) is 7.66. The molecule has 1 heterocycles. The quantitative estimate of drug-likeness (QED) is 0.732. The van der Waals surface area contributed by atoms with Crippen LogP contribution in [0, 0.1) is 0 Å². The highest BCUT2D eigenvalue weighted by atomic mass is 16.5. The zero-order chi connectivity index (χ0) is 15.8. The van der Waals surface area contributed by atoms with Crippen molar-refractivity contribution in [3.05, 3.63) is 36.4 Å². The van der Waals surface area contributed by atoms with Gasteiger partial charge in [-0.2, -0.15) is 0 Å². The number of hydrogen-bond donors (Lipinski definition) is 2. The van der Waals surface area contributed by atoms with Crippen LogP contribution in [0.4, 0.5) is 11.6 Å². The van der Waals surface area contributed by atoms with E-state index in [1.807, 2.05) is 36.4 Å². The highest BCUT2D eigenvalue weighted by Crippen LogP contribution is 2.20. The molecule has 5 heteroatoms. The van der Waals surface area contributed by atoms with E-state index in [2.05, 4.69) is 34.4 Å². The van der Waals surface area contributed by atoms with E-state index < -0.39 is 0 Å². The third kappa shape index (κ3) is 4.70. The summed E-state index contributed by atoms with van der Waals surface area (Å²) in [5.41, 5.74) is 1.00. The first-order valence-electron chi connectivity index (χ1n) is 7.66. The number of methoxy groups -OCH3 is 1. The Labute approximate surface area is 132 Å². The van der Waals surface area contributed by atoms with Crippen molar-refractivity contribution in [3.8, 4) is 11.4 Å². The van der Waals surface area contributed by atoms with Crippen molar-refractivity contribution >= 4 is 11.6 Å². The van der Waals surface area contributed by atoms with Crippen LogP contribution in [0.25, 0.3) is 11.4 Å². The van der Waals surface area contributed by atoms with E-state index in [9.17, 15) is 0 Å². The summed E-state index contributed by atoms with van der Waals surface area (Å²) in [6, 6.07) is 12.3. The molecule has 0 amide bonds. The molecule has 1 atom stereocenters. The van der Waals surface area contributed by atoms with Crippen LogP contribution in [-0.2, 0) is 4.74 Å². The molecule has 1 aromatic carbocycles. The van der Waals surface area contributed by atoms with E-state index in [-0.39, 0.29) is 0 Å². The predicted octanol–water partition coefficient (Wildman–Crippen LogP) is 3.41. The minimum atomic E-state index is 0.366. The summed E-state index contributed by atoms with van der Waals surface area (Å²) in [6.07, 6.45) is 1.04. The van der Waals surface area contributed by atoms with Crippen molar-refractivity contribution in [2.75, 3.05) is 30.9 Å². The van der Waals surface area contributed by atoms with Gasteiger partial charge in [-0.15, -0.1) is 0 Å². The van der Waals surface area contributed by atoms with Gasteiger partial charge in [0.25, 0.3) is 0 Å². The van der Waals surface area contributed by atoms with Gasteiger partial charge in [0.1, 0.15) is 11.6 Å². The monoisotopic (exact) mass is 300 g/mol. The lowest BCUT2D eigenvalue weighted by Crippen LogP contribution is -2.16. The molecule has 5 nitrogen and oxygen atoms in total. The van der Waals surface area contributed by atoms with Crippen molar-refractivity contribution in [1.82, 2.24) is 9.97 Å². The fraction of sp³-hybridized carbons (Fsp3) is 0.412. The minimum absolute atomic E-state index is 0.366. The molecule has 2 rings (SSSR count). The topological polar surface area (TPSA) is 59.1 Å². The van der Waals surface area contributed by atoms with Crippen LogP contribution in [-0.4, -0.2) is 36.3 Å². The molecule has 0 fully saturated rings. The first kappa shape index (κ1) is 16.2. The molecular formula is C17H24N4O. The van der Waals surface area contributed by atoms with Crippen molar-refractivity contribution < 1.29 is 4.74 Å². The highest BCUT2D eigenvalue weighted by molar-refractivity contribution is 5.61. The van der Waals surface area contributed by atoms with E-state index in [1.54, 1.807) is 7.11 Å². The Morgan fingerprint density at radius 3 is 2.55 bits per heavy atom. The van der Waals surface area contributed by atoms with Crippen LogP contribution in [0.1, 0.15) is 20.3 Å². The molecule has 0 radical (unpaired) electrons. The molecule has 2 aromatic rings. The standard InChI is InChI=1S/C17H24N4O/c1-4-13(2)19-16-12-15(18-10-11-22-3)20-17(21-16)14-8-6-5-7-9-14/h5-9,12-13H,4,10-11H2,1-3H3,(H2,18,19,20,21). The Hall–Kier alpha value is -2.14. The van der Waals surface area contributed by atoms with Gasteiger partial charge in [-0.25, -0.2) is 9.97 Å². The van der Waals surface area contributed by atoms with Crippen molar-refractivity contribution in [3.63, 3.8) is 0 Å². The lowest BCUT2D eigenvalue weighted by molar-refractivity contribution is 0.210. The first-order chi connectivity index (χ1) is 10.7. The summed E-state index contributed by atoms with van der Waals surface area (Å²) in [4.78, 5) is 9.22. The van der Waals surface area contributed by atoms with Crippen LogP contribution < -0.4 is 10.6 Å². The fourth-order valence-corrected chi connectivity index (χ4v) is 1.96. The fourth-order valence-electron chi connectivity index (χ4n) is 1.96. The largest absolute Gasteiger partial charge is 0.383 e. The van der Waals surface area contributed by atoms with E-state index in [0.29, 0.717) is 25.0 Å². The van der Waals surface area contributed by atoms with Crippen LogP contribution in [0.5, 0.6) is 0 Å². The van der Waals surface area contributed by atoms with E-state index in [0.717, 1.165) is 23.6 Å². The average molecular weight is 300 g/mol. The number of nitrogens with zero attached hydrogens (tertiary/aromatic N) is 2. The Balaban J connectivity index is 2.27. The molecule has 0 aliphatic rings. The molecule has 0 aliphatic heterocycles. The second-order valence-corrected chi connectivity index (χ2v) is 5.20. The van der Waals surface area contributed by atoms with E-state index >= 15 is 0 Å². The van der Waals surface area contributed by atoms with Gasteiger partial charge in [-0.1, -0.05) is 37.3 Å². The average Bonchev–Trinajstić information content (AvgIpc) is 2.55.